The summed E-state index contributed by atoms with van der Waals surface area (Å²) >= 11 is 0. The number of hydrogen-bond donors (Lipinski definition) is 1. The lowest BCUT2D eigenvalue weighted by Gasteiger charge is -2.28. The Labute approximate surface area is 140 Å². The van der Waals surface area contributed by atoms with Crippen molar-refractivity contribution in [1.82, 2.24) is 14.7 Å². The zero-order valence-corrected chi connectivity index (χ0v) is 13.6. The Morgan fingerprint density at radius 1 is 1.29 bits per heavy atom. The maximum Gasteiger partial charge on any atom is 0.309 e. The molecule has 1 amide bonds. The minimum Gasteiger partial charge on any atom is -0.481 e. The van der Waals surface area contributed by atoms with Crippen LogP contribution in [0.4, 0.5) is 0 Å². The summed E-state index contributed by atoms with van der Waals surface area (Å²) in [5.74, 6) is -1.69. The molecule has 3 rings (SSSR count). The van der Waals surface area contributed by atoms with Gasteiger partial charge in [0.2, 0.25) is 5.91 Å². The van der Waals surface area contributed by atoms with Gasteiger partial charge in [-0.15, -0.1) is 0 Å². The normalized spacial score (nSPS) is 20.5. The van der Waals surface area contributed by atoms with Gasteiger partial charge in [-0.1, -0.05) is 24.3 Å². The minimum atomic E-state index is -0.911. The molecule has 126 valence electrons. The monoisotopic (exact) mass is 327 g/mol. The highest BCUT2D eigenvalue weighted by Crippen LogP contribution is 2.39. The standard InChI is InChI=1S/C18H21N3O3/c1-13-6-2-3-7-14(13)17-15(18(23)24)12-16(22)21(17)11-5-10-20-9-4-8-19-20/h2-4,6-9,15,17H,5,10-12H2,1H3,(H,23,24)/t15-,17-/m0/s1. The fourth-order valence-corrected chi connectivity index (χ4v) is 3.41. The molecule has 0 radical (unpaired) electrons. The van der Waals surface area contributed by atoms with Gasteiger partial charge in [0, 0.05) is 31.9 Å². The average Bonchev–Trinajstić information content (AvgIpc) is 3.17. The lowest BCUT2D eigenvalue weighted by atomic mass is 9.91. The van der Waals surface area contributed by atoms with Crippen molar-refractivity contribution in [1.29, 1.82) is 0 Å². The van der Waals surface area contributed by atoms with E-state index in [1.807, 2.05) is 48.1 Å². The second-order valence-corrected chi connectivity index (χ2v) is 6.16. The number of benzene rings is 1. The van der Waals surface area contributed by atoms with Crippen LogP contribution >= 0.6 is 0 Å². The van der Waals surface area contributed by atoms with Gasteiger partial charge in [0.15, 0.2) is 0 Å². The summed E-state index contributed by atoms with van der Waals surface area (Å²) in [5, 5.41) is 13.7. The van der Waals surface area contributed by atoms with Gasteiger partial charge in [-0.05, 0) is 30.5 Å². The van der Waals surface area contributed by atoms with E-state index in [1.165, 1.54) is 0 Å². The number of aryl methyl sites for hydroxylation is 2. The minimum absolute atomic E-state index is 0.0656. The molecule has 1 aliphatic heterocycles. The molecule has 1 fully saturated rings. The number of aromatic nitrogens is 2. The number of nitrogens with zero attached hydrogens (tertiary/aromatic N) is 3. The molecule has 24 heavy (non-hydrogen) atoms. The SMILES string of the molecule is Cc1ccccc1[C@H]1[C@@H](C(=O)O)CC(=O)N1CCCn1cccn1. The molecule has 0 bridgehead atoms. The molecule has 0 spiro atoms. The highest BCUT2D eigenvalue weighted by atomic mass is 16.4. The fourth-order valence-electron chi connectivity index (χ4n) is 3.41. The quantitative estimate of drug-likeness (QED) is 0.883. The van der Waals surface area contributed by atoms with Crippen LogP contribution in [0.5, 0.6) is 0 Å². The molecule has 6 heteroatoms. The van der Waals surface area contributed by atoms with E-state index < -0.39 is 17.9 Å². The second-order valence-electron chi connectivity index (χ2n) is 6.16. The maximum atomic E-state index is 12.4. The number of carbonyl (C=O) groups is 2. The van der Waals surface area contributed by atoms with Gasteiger partial charge in [-0.3, -0.25) is 14.3 Å². The summed E-state index contributed by atoms with van der Waals surface area (Å²) in [4.78, 5) is 25.8. The zero-order valence-electron chi connectivity index (χ0n) is 13.6. The molecule has 2 atom stereocenters. The third-order valence-electron chi connectivity index (χ3n) is 4.60. The van der Waals surface area contributed by atoms with Gasteiger partial charge in [-0.25, -0.2) is 0 Å². The van der Waals surface area contributed by atoms with Crippen molar-refractivity contribution in [2.75, 3.05) is 6.54 Å². The van der Waals surface area contributed by atoms with Crippen LogP contribution in [0.25, 0.3) is 0 Å². The van der Waals surface area contributed by atoms with Crippen molar-refractivity contribution in [3.8, 4) is 0 Å². The summed E-state index contributed by atoms with van der Waals surface area (Å²) in [5.41, 5.74) is 1.94. The average molecular weight is 327 g/mol. The van der Waals surface area contributed by atoms with E-state index in [4.69, 9.17) is 0 Å². The Balaban J connectivity index is 1.80. The van der Waals surface area contributed by atoms with Crippen LogP contribution < -0.4 is 0 Å². The number of aliphatic carboxylic acids is 1. The van der Waals surface area contributed by atoms with Crippen LogP contribution in [0.2, 0.25) is 0 Å². The number of carboxylic acids is 1. The van der Waals surface area contributed by atoms with Gasteiger partial charge in [0.25, 0.3) is 0 Å². The smallest absolute Gasteiger partial charge is 0.309 e. The van der Waals surface area contributed by atoms with Gasteiger partial charge >= 0.3 is 5.97 Å². The first-order chi connectivity index (χ1) is 11.6. The number of carboxylic acid groups (broad SMARTS) is 1. The van der Waals surface area contributed by atoms with Crippen molar-refractivity contribution in [2.24, 2.45) is 5.92 Å². The number of hydrogen-bond acceptors (Lipinski definition) is 3. The second kappa shape index (κ2) is 6.86. The summed E-state index contributed by atoms with van der Waals surface area (Å²) < 4.78 is 1.82. The molecule has 0 unspecified atom stereocenters. The summed E-state index contributed by atoms with van der Waals surface area (Å²) in [7, 11) is 0. The first-order valence-corrected chi connectivity index (χ1v) is 8.13. The Morgan fingerprint density at radius 3 is 2.75 bits per heavy atom. The Morgan fingerprint density at radius 2 is 2.08 bits per heavy atom. The van der Waals surface area contributed by atoms with Gasteiger partial charge in [0.1, 0.15) is 0 Å². The lowest BCUT2D eigenvalue weighted by molar-refractivity contribution is -0.142. The molecular weight excluding hydrogens is 306 g/mol. The molecule has 1 aliphatic rings. The molecule has 0 saturated carbocycles. The van der Waals surface area contributed by atoms with E-state index in [0.29, 0.717) is 13.1 Å². The molecule has 1 aromatic carbocycles. The van der Waals surface area contributed by atoms with E-state index in [9.17, 15) is 14.7 Å². The van der Waals surface area contributed by atoms with Crippen molar-refractivity contribution in [2.45, 2.75) is 32.4 Å². The van der Waals surface area contributed by atoms with Gasteiger partial charge in [0.05, 0.1) is 12.0 Å². The molecule has 1 N–H and O–H groups in total. The highest BCUT2D eigenvalue weighted by molar-refractivity contribution is 5.87. The van der Waals surface area contributed by atoms with Crippen LogP contribution in [0.15, 0.2) is 42.7 Å². The third kappa shape index (κ3) is 3.18. The Bertz CT molecular complexity index is 727. The number of carbonyl (C=O) groups excluding carboxylic acids is 1. The first kappa shape index (κ1) is 16.2. The van der Waals surface area contributed by atoms with Gasteiger partial charge in [-0.2, -0.15) is 5.10 Å². The Hall–Kier alpha value is -2.63. The predicted octanol–water partition coefficient (Wildman–Crippen LogP) is 2.26. The summed E-state index contributed by atoms with van der Waals surface area (Å²) in [6, 6.07) is 9.17. The number of likely N-dealkylation sites (tertiary alicyclic amines) is 1. The van der Waals surface area contributed by atoms with E-state index in [-0.39, 0.29) is 12.3 Å². The topological polar surface area (TPSA) is 75.4 Å². The van der Waals surface area contributed by atoms with E-state index in [1.54, 1.807) is 11.1 Å². The Kier molecular flexibility index (Phi) is 4.64. The number of rotatable bonds is 6. The third-order valence-corrected chi connectivity index (χ3v) is 4.60. The summed E-state index contributed by atoms with van der Waals surface area (Å²) in [6.07, 6.45) is 4.40. The zero-order chi connectivity index (χ0) is 17.1. The van der Waals surface area contributed by atoms with Crippen LogP contribution in [0.1, 0.15) is 30.0 Å². The first-order valence-electron chi connectivity index (χ1n) is 8.13. The van der Waals surface area contributed by atoms with Crippen LogP contribution in [0.3, 0.4) is 0 Å². The van der Waals surface area contributed by atoms with Crippen LogP contribution in [-0.4, -0.2) is 38.2 Å². The van der Waals surface area contributed by atoms with Crippen molar-refractivity contribution in [3.63, 3.8) is 0 Å². The molecule has 2 aromatic rings. The van der Waals surface area contributed by atoms with Crippen molar-refractivity contribution < 1.29 is 14.7 Å². The van der Waals surface area contributed by atoms with Crippen LogP contribution in [0, 0.1) is 12.8 Å². The lowest BCUT2D eigenvalue weighted by Crippen LogP contribution is -2.32. The predicted molar refractivity (Wildman–Crippen MR) is 88.2 cm³/mol. The number of amides is 1. The molecule has 2 heterocycles. The van der Waals surface area contributed by atoms with Crippen molar-refractivity contribution >= 4 is 11.9 Å². The van der Waals surface area contributed by atoms with Gasteiger partial charge < -0.3 is 10.0 Å². The van der Waals surface area contributed by atoms with E-state index in [2.05, 4.69) is 5.10 Å². The fraction of sp³-hybridized carbons (Fsp3) is 0.389. The molecular formula is C18H21N3O3. The molecule has 1 saturated heterocycles. The molecule has 0 aliphatic carbocycles. The van der Waals surface area contributed by atoms with Crippen molar-refractivity contribution in [3.05, 3.63) is 53.9 Å². The highest BCUT2D eigenvalue weighted by Gasteiger charge is 2.44. The maximum absolute atomic E-state index is 12.4. The summed E-state index contributed by atoms with van der Waals surface area (Å²) in [6.45, 7) is 3.19. The van der Waals surface area contributed by atoms with E-state index >= 15 is 0 Å². The molecule has 1 aromatic heterocycles. The van der Waals surface area contributed by atoms with E-state index in [0.717, 1.165) is 17.5 Å². The molecule has 6 nitrogen and oxygen atoms in total. The van der Waals surface area contributed by atoms with Crippen LogP contribution in [-0.2, 0) is 16.1 Å². The largest absolute Gasteiger partial charge is 0.481 e.